The zero-order valence-corrected chi connectivity index (χ0v) is 11.1. The molecule has 1 unspecified atom stereocenters. The number of halogens is 1. The van der Waals surface area contributed by atoms with Crippen molar-refractivity contribution in [2.24, 2.45) is 5.92 Å². The number of likely N-dealkylation sites (tertiary alicyclic amines) is 1. The van der Waals surface area contributed by atoms with Gasteiger partial charge in [0.1, 0.15) is 5.82 Å². The van der Waals surface area contributed by atoms with Gasteiger partial charge in [0, 0.05) is 23.9 Å². The second kappa shape index (κ2) is 4.71. The first kappa shape index (κ1) is 12.8. The average Bonchev–Trinajstić information content (AvgIpc) is 2.78. The SMILES string of the molecule is CC1CC(=O)N(C(=O)c2ccc(F)c3ccccc23)C1. The van der Waals surface area contributed by atoms with Crippen LogP contribution in [0.15, 0.2) is 36.4 Å². The summed E-state index contributed by atoms with van der Waals surface area (Å²) >= 11 is 0. The van der Waals surface area contributed by atoms with E-state index in [0.717, 1.165) is 0 Å². The van der Waals surface area contributed by atoms with Crippen molar-refractivity contribution in [2.75, 3.05) is 6.54 Å². The first-order chi connectivity index (χ1) is 9.58. The van der Waals surface area contributed by atoms with Crippen molar-refractivity contribution in [1.29, 1.82) is 0 Å². The Morgan fingerprint density at radius 3 is 2.55 bits per heavy atom. The van der Waals surface area contributed by atoms with Gasteiger partial charge in [-0.15, -0.1) is 0 Å². The van der Waals surface area contributed by atoms with Gasteiger partial charge < -0.3 is 0 Å². The summed E-state index contributed by atoms with van der Waals surface area (Å²) in [6.45, 7) is 2.37. The first-order valence-electron chi connectivity index (χ1n) is 6.60. The highest BCUT2D eigenvalue weighted by Gasteiger charge is 2.32. The van der Waals surface area contributed by atoms with E-state index >= 15 is 0 Å². The van der Waals surface area contributed by atoms with E-state index in [0.29, 0.717) is 29.3 Å². The normalized spacial score (nSPS) is 18.8. The van der Waals surface area contributed by atoms with E-state index < -0.39 is 0 Å². The topological polar surface area (TPSA) is 37.4 Å². The molecule has 1 aliphatic heterocycles. The molecule has 0 N–H and O–H groups in total. The lowest BCUT2D eigenvalue weighted by Crippen LogP contribution is -2.32. The van der Waals surface area contributed by atoms with Gasteiger partial charge in [-0.25, -0.2) is 4.39 Å². The van der Waals surface area contributed by atoms with Crippen LogP contribution < -0.4 is 0 Å². The molecule has 0 aromatic heterocycles. The number of imide groups is 1. The number of nitrogens with zero attached hydrogens (tertiary/aromatic N) is 1. The van der Waals surface area contributed by atoms with Crippen molar-refractivity contribution in [3.63, 3.8) is 0 Å². The molecule has 1 saturated heterocycles. The molecular weight excluding hydrogens is 257 g/mol. The summed E-state index contributed by atoms with van der Waals surface area (Å²) in [4.78, 5) is 25.6. The van der Waals surface area contributed by atoms with Crippen LogP contribution in [0, 0.1) is 11.7 Å². The van der Waals surface area contributed by atoms with Gasteiger partial charge in [-0.2, -0.15) is 0 Å². The number of fused-ring (bicyclic) bond motifs is 1. The molecule has 1 aliphatic rings. The standard InChI is InChI=1S/C16H14FNO2/c1-10-8-15(19)18(9-10)16(20)13-6-7-14(17)12-5-3-2-4-11(12)13/h2-7,10H,8-9H2,1H3. The van der Waals surface area contributed by atoms with Gasteiger partial charge in [0.25, 0.3) is 5.91 Å². The van der Waals surface area contributed by atoms with Crippen LogP contribution in [0.5, 0.6) is 0 Å². The van der Waals surface area contributed by atoms with E-state index in [1.165, 1.54) is 17.0 Å². The molecule has 3 nitrogen and oxygen atoms in total. The minimum atomic E-state index is -0.363. The summed E-state index contributed by atoms with van der Waals surface area (Å²) < 4.78 is 13.8. The number of carbonyl (C=O) groups excluding carboxylic acids is 2. The Balaban J connectivity index is 2.09. The maximum Gasteiger partial charge on any atom is 0.261 e. The molecule has 2 aromatic rings. The van der Waals surface area contributed by atoms with Gasteiger partial charge in [0.2, 0.25) is 5.91 Å². The predicted octanol–water partition coefficient (Wildman–Crippen LogP) is 2.99. The summed E-state index contributed by atoms with van der Waals surface area (Å²) in [5, 5.41) is 0.947. The molecule has 4 heteroatoms. The molecule has 1 atom stereocenters. The third-order valence-corrected chi connectivity index (χ3v) is 3.66. The summed E-state index contributed by atoms with van der Waals surface area (Å²) in [6.07, 6.45) is 0.394. The van der Waals surface area contributed by atoms with E-state index in [-0.39, 0.29) is 23.5 Å². The van der Waals surface area contributed by atoms with Crippen molar-refractivity contribution < 1.29 is 14.0 Å². The van der Waals surface area contributed by atoms with E-state index in [2.05, 4.69) is 0 Å². The van der Waals surface area contributed by atoms with E-state index in [1.54, 1.807) is 24.3 Å². The summed E-state index contributed by atoms with van der Waals surface area (Å²) in [6, 6.07) is 9.55. The fourth-order valence-electron chi connectivity index (χ4n) is 2.68. The van der Waals surface area contributed by atoms with Gasteiger partial charge in [-0.05, 0) is 23.4 Å². The van der Waals surface area contributed by atoms with Crippen molar-refractivity contribution >= 4 is 22.6 Å². The fourth-order valence-corrected chi connectivity index (χ4v) is 2.68. The smallest absolute Gasteiger partial charge is 0.261 e. The highest BCUT2D eigenvalue weighted by atomic mass is 19.1. The minimum absolute atomic E-state index is 0.157. The molecule has 102 valence electrons. The van der Waals surface area contributed by atoms with Crippen LogP contribution in [0.3, 0.4) is 0 Å². The number of carbonyl (C=O) groups is 2. The Labute approximate surface area is 116 Å². The van der Waals surface area contributed by atoms with Gasteiger partial charge >= 0.3 is 0 Å². The van der Waals surface area contributed by atoms with Crippen LogP contribution in [-0.4, -0.2) is 23.3 Å². The maximum atomic E-state index is 13.8. The molecule has 1 fully saturated rings. The van der Waals surface area contributed by atoms with Crippen LogP contribution in [0.2, 0.25) is 0 Å². The van der Waals surface area contributed by atoms with Crippen LogP contribution in [0.25, 0.3) is 10.8 Å². The zero-order valence-electron chi connectivity index (χ0n) is 11.1. The van der Waals surface area contributed by atoms with Gasteiger partial charge in [-0.1, -0.05) is 31.2 Å². The molecule has 3 rings (SSSR count). The summed E-state index contributed by atoms with van der Waals surface area (Å²) in [7, 11) is 0. The monoisotopic (exact) mass is 271 g/mol. The molecule has 1 heterocycles. The predicted molar refractivity (Wildman–Crippen MR) is 73.7 cm³/mol. The molecule has 0 saturated carbocycles. The van der Waals surface area contributed by atoms with Gasteiger partial charge in [0.15, 0.2) is 0 Å². The van der Waals surface area contributed by atoms with Crippen molar-refractivity contribution in [1.82, 2.24) is 4.90 Å². The molecule has 2 amide bonds. The van der Waals surface area contributed by atoms with Gasteiger partial charge in [0.05, 0.1) is 0 Å². The molecule has 0 aliphatic carbocycles. The second-order valence-electron chi connectivity index (χ2n) is 5.26. The van der Waals surface area contributed by atoms with Crippen molar-refractivity contribution in [3.8, 4) is 0 Å². The quantitative estimate of drug-likeness (QED) is 0.748. The molecule has 0 spiro atoms. The Hall–Kier alpha value is -2.23. The van der Waals surface area contributed by atoms with E-state index in [4.69, 9.17) is 0 Å². The fraction of sp³-hybridized carbons (Fsp3) is 0.250. The second-order valence-corrected chi connectivity index (χ2v) is 5.26. The lowest BCUT2D eigenvalue weighted by Gasteiger charge is -2.15. The number of amides is 2. The third-order valence-electron chi connectivity index (χ3n) is 3.66. The molecule has 2 aromatic carbocycles. The van der Waals surface area contributed by atoms with Gasteiger partial charge in [-0.3, -0.25) is 14.5 Å². The van der Waals surface area contributed by atoms with Crippen LogP contribution in [0.4, 0.5) is 4.39 Å². The molecule has 20 heavy (non-hydrogen) atoms. The Kier molecular flexibility index (Phi) is 3.01. The highest BCUT2D eigenvalue weighted by molar-refractivity contribution is 6.12. The average molecular weight is 271 g/mol. The number of hydrogen-bond donors (Lipinski definition) is 0. The highest BCUT2D eigenvalue weighted by Crippen LogP contribution is 2.25. The summed E-state index contributed by atoms with van der Waals surface area (Å²) in [5.74, 6) is -0.678. The third kappa shape index (κ3) is 1.97. The number of rotatable bonds is 1. The summed E-state index contributed by atoms with van der Waals surface area (Å²) in [5.41, 5.74) is 0.379. The molecule has 0 bridgehead atoms. The number of hydrogen-bond acceptors (Lipinski definition) is 2. The first-order valence-corrected chi connectivity index (χ1v) is 6.60. The van der Waals surface area contributed by atoms with E-state index in [9.17, 15) is 14.0 Å². The Morgan fingerprint density at radius 2 is 1.90 bits per heavy atom. The Morgan fingerprint density at radius 1 is 1.20 bits per heavy atom. The van der Waals surface area contributed by atoms with Crippen LogP contribution in [0.1, 0.15) is 23.7 Å². The lowest BCUT2D eigenvalue weighted by atomic mass is 10.0. The van der Waals surface area contributed by atoms with Crippen LogP contribution >= 0.6 is 0 Å². The molecule has 0 radical (unpaired) electrons. The molecular formula is C16H14FNO2. The minimum Gasteiger partial charge on any atom is -0.278 e. The maximum absolute atomic E-state index is 13.8. The number of benzene rings is 2. The van der Waals surface area contributed by atoms with E-state index in [1.807, 2.05) is 6.92 Å². The van der Waals surface area contributed by atoms with Crippen molar-refractivity contribution in [3.05, 3.63) is 47.8 Å². The Bertz CT molecular complexity index is 711. The van der Waals surface area contributed by atoms with Crippen LogP contribution in [-0.2, 0) is 4.79 Å². The lowest BCUT2D eigenvalue weighted by molar-refractivity contribution is -0.125. The van der Waals surface area contributed by atoms with Crippen molar-refractivity contribution in [2.45, 2.75) is 13.3 Å². The largest absolute Gasteiger partial charge is 0.278 e. The zero-order chi connectivity index (χ0) is 14.3.